The maximum Gasteiger partial charge on any atom is 0.226 e. The van der Waals surface area contributed by atoms with Crippen molar-refractivity contribution in [3.05, 3.63) is 23.4 Å². The molecule has 0 aromatic carbocycles. The van der Waals surface area contributed by atoms with Gasteiger partial charge in [0.1, 0.15) is 0 Å². The molecule has 0 aliphatic heterocycles. The average Bonchev–Trinajstić information content (AvgIpc) is 2.16. The van der Waals surface area contributed by atoms with Crippen molar-refractivity contribution in [1.29, 1.82) is 0 Å². The van der Waals surface area contributed by atoms with E-state index in [-0.39, 0.29) is 0 Å². The largest absolute Gasteiger partial charge is 0.481 e. The highest BCUT2D eigenvalue weighted by atomic mass is 16.5. The van der Waals surface area contributed by atoms with Crippen LogP contribution in [0.4, 0.5) is 5.95 Å². The highest BCUT2D eigenvalue weighted by Crippen LogP contribution is 2.10. The summed E-state index contributed by atoms with van der Waals surface area (Å²) in [6.45, 7) is 6.75. The first-order valence-electron chi connectivity index (χ1n) is 4.88. The lowest BCUT2D eigenvalue weighted by atomic mass is 10.3. The second-order valence-electron chi connectivity index (χ2n) is 3.54. The molecule has 0 radical (unpaired) electrons. The van der Waals surface area contributed by atoms with Crippen LogP contribution in [-0.4, -0.2) is 23.6 Å². The molecule has 0 amide bonds. The SMILES string of the molecule is COc1cc(C)nc(NCC=C(C)C)n1. The van der Waals surface area contributed by atoms with Crippen molar-refractivity contribution < 1.29 is 4.74 Å². The molecular weight excluding hydrogens is 190 g/mol. The molecular formula is C11H17N3O. The maximum absolute atomic E-state index is 5.06. The zero-order chi connectivity index (χ0) is 11.3. The van der Waals surface area contributed by atoms with Gasteiger partial charge in [0.2, 0.25) is 11.8 Å². The summed E-state index contributed by atoms with van der Waals surface area (Å²) in [5.41, 5.74) is 2.16. The number of anilines is 1. The van der Waals surface area contributed by atoms with E-state index in [1.165, 1.54) is 5.57 Å². The maximum atomic E-state index is 5.06. The minimum atomic E-state index is 0.585. The summed E-state index contributed by atoms with van der Waals surface area (Å²) in [7, 11) is 1.60. The molecule has 0 aliphatic rings. The van der Waals surface area contributed by atoms with Crippen molar-refractivity contribution in [1.82, 2.24) is 9.97 Å². The van der Waals surface area contributed by atoms with E-state index in [1.54, 1.807) is 13.2 Å². The number of ether oxygens (including phenoxy) is 1. The summed E-state index contributed by atoms with van der Waals surface area (Å²) in [5.74, 6) is 1.19. The van der Waals surface area contributed by atoms with E-state index >= 15 is 0 Å². The molecule has 0 saturated carbocycles. The van der Waals surface area contributed by atoms with Gasteiger partial charge in [-0.15, -0.1) is 0 Å². The van der Waals surface area contributed by atoms with Gasteiger partial charge in [-0.25, -0.2) is 4.98 Å². The van der Waals surface area contributed by atoms with Crippen LogP contribution in [0, 0.1) is 6.92 Å². The number of hydrogen-bond acceptors (Lipinski definition) is 4. The molecule has 1 N–H and O–H groups in total. The highest BCUT2D eigenvalue weighted by Gasteiger charge is 2.00. The minimum Gasteiger partial charge on any atom is -0.481 e. The molecule has 82 valence electrons. The number of allylic oxidation sites excluding steroid dienone is 1. The molecule has 0 unspecified atom stereocenters. The topological polar surface area (TPSA) is 47.0 Å². The fourth-order valence-electron chi connectivity index (χ4n) is 1.07. The van der Waals surface area contributed by atoms with E-state index in [2.05, 4.69) is 35.2 Å². The van der Waals surface area contributed by atoms with Gasteiger partial charge in [0, 0.05) is 18.3 Å². The Bertz CT molecular complexity index is 357. The van der Waals surface area contributed by atoms with E-state index < -0.39 is 0 Å². The van der Waals surface area contributed by atoms with Gasteiger partial charge >= 0.3 is 0 Å². The number of rotatable bonds is 4. The summed E-state index contributed by atoms with van der Waals surface area (Å²) >= 11 is 0. The van der Waals surface area contributed by atoms with Crippen LogP contribution in [0.15, 0.2) is 17.7 Å². The third-order valence-electron chi connectivity index (χ3n) is 1.81. The summed E-state index contributed by atoms with van der Waals surface area (Å²) in [6.07, 6.45) is 2.08. The third kappa shape index (κ3) is 3.97. The van der Waals surface area contributed by atoms with Crippen LogP contribution in [0.25, 0.3) is 0 Å². The van der Waals surface area contributed by atoms with Crippen molar-refractivity contribution in [3.63, 3.8) is 0 Å². The highest BCUT2D eigenvalue weighted by molar-refractivity contribution is 5.31. The number of methoxy groups -OCH3 is 1. The van der Waals surface area contributed by atoms with E-state index in [0.717, 1.165) is 12.2 Å². The average molecular weight is 207 g/mol. The summed E-state index contributed by atoms with van der Waals surface area (Å²) in [6, 6.07) is 1.80. The van der Waals surface area contributed by atoms with Crippen LogP contribution < -0.4 is 10.1 Å². The predicted octanol–water partition coefficient (Wildman–Crippen LogP) is 2.17. The Morgan fingerprint density at radius 2 is 2.20 bits per heavy atom. The van der Waals surface area contributed by atoms with Gasteiger partial charge in [-0.05, 0) is 20.8 Å². The Morgan fingerprint density at radius 1 is 1.47 bits per heavy atom. The molecule has 1 heterocycles. The quantitative estimate of drug-likeness (QED) is 0.769. The van der Waals surface area contributed by atoms with Crippen LogP contribution in [-0.2, 0) is 0 Å². The van der Waals surface area contributed by atoms with E-state index in [9.17, 15) is 0 Å². The monoisotopic (exact) mass is 207 g/mol. The minimum absolute atomic E-state index is 0.585. The standard InChI is InChI=1S/C11H17N3O/c1-8(2)5-6-12-11-13-9(3)7-10(14-11)15-4/h5,7H,6H2,1-4H3,(H,12,13,14). The van der Waals surface area contributed by atoms with Crippen molar-refractivity contribution in [3.8, 4) is 5.88 Å². The summed E-state index contributed by atoms with van der Waals surface area (Å²) in [5, 5.41) is 3.11. The molecule has 1 rings (SSSR count). The third-order valence-corrected chi connectivity index (χ3v) is 1.81. The van der Waals surface area contributed by atoms with Crippen LogP contribution in [0.3, 0.4) is 0 Å². The Balaban J connectivity index is 2.68. The Morgan fingerprint density at radius 3 is 2.80 bits per heavy atom. The molecule has 1 aromatic rings. The van der Waals surface area contributed by atoms with Crippen LogP contribution in [0.5, 0.6) is 5.88 Å². The summed E-state index contributed by atoms with van der Waals surface area (Å²) < 4.78 is 5.06. The number of aromatic nitrogens is 2. The van der Waals surface area contributed by atoms with Crippen LogP contribution in [0.2, 0.25) is 0 Å². The molecule has 4 heteroatoms. The zero-order valence-corrected chi connectivity index (χ0v) is 9.66. The van der Waals surface area contributed by atoms with Gasteiger partial charge < -0.3 is 10.1 Å². The second kappa shape index (κ2) is 5.34. The van der Waals surface area contributed by atoms with Crippen molar-refractivity contribution in [2.45, 2.75) is 20.8 Å². The molecule has 4 nitrogen and oxygen atoms in total. The molecule has 0 atom stereocenters. The fourth-order valence-corrected chi connectivity index (χ4v) is 1.07. The van der Waals surface area contributed by atoms with Gasteiger partial charge in [0.15, 0.2) is 0 Å². The predicted molar refractivity (Wildman–Crippen MR) is 61.2 cm³/mol. The molecule has 0 fully saturated rings. The molecule has 1 aromatic heterocycles. The zero-order valence-electron chi connectivity index (χ0n) is 9.66. The molecule has 0 aliphatic carbocycles. The van der Waals surface area contributed by atoms with E-state index in [1.807, 2.05) is 6.92 Å². The number of hydrogen-bond donors (Lipinski definition) is 1. The normalized spacial score (nSPS) is 9.60. The lowest BCUT2D eigenvalue weighted by molar-refractivity contribution is 0.397. The van der Waals surface area contributed by atoms with Crippen molar-refractivity contribution in [2.75, 3.05) is 19.0 Å². The first-order chi connectivity index (χ1) is 7.11. The van der Waals surface area contributed by atoms with Crippen molar-refractivity contribution >= 4 is 5.95 Å². The Kier molecular flexibility index (Phi) is 4.09. The molecule has 15 heavy (non-hydrogen) atoms. The van der Waals surface area contributed by atoms with Crippen LogP contribution in [0.1, 0.15) is 19.5 Å². The first kappa shape index (κ1) is 11.5. The van der Waals surface area contributed by atoms with Gasteiger partial charge in [0.25, 0.3) is 0 Å². The smallest absolute Gasteiger partial charge is 0.226 e. The lowest BCUT2D eigenvalue weighted by Crippen LogP contribution is -2.05. The number of nitrogens with one attached hydrogen (secondary N) is 1. The Hall–Kier alpha value is -1.58. The first-order valence-corrected chi connectivity index (χ1v) is 4.88. The fraction of sp³-hybridized carbons (Fsp3) is 0.455. The van der Waals surface area contributed by atoms with E-state index in [4.69, 9.17) is 4.74 Å². The Labute approximate surface area is 90.4 Å². The lowest BCUT2D eigenvalue weighted by Gasteiger charge is -2.05. The van der Waals surface area contributed by atoms with Crippen LogP contribution >= 0.6 is 0 Å². The number of nitrogens with zero attached hydrogens (tertiary/aromatic N) is 2. The molecule has 0 spiro atoms. The molecule has 0 bridgehead atoms. The van der Waals surface area contributed by atoms with Gasteiger partial charge in [-0.1, -0.05) is 11.6 Å². The van der Waals surface area contributed by atoms with Gasteiger partial charge in [-0.3, -0.25) is 0 Å². The summed E-state index contributed by atoms with van der Waals surface area (Å²) in [4.78, 5) is 8.42. The van der Waals surface area contributed by atoms with Crippen molar-refractivity contribution in [2.24, 2.45) is 0 Å². The number of aryl methyl sites for hydroxylation is 1. The van der Waals surface area contributed by atoms with Gasteiger partial charge in [-0.2, -0.15) is 4.98 Å². The van der Waals surface area contributed by atoms with E-state index in [0.29, 0.717) is 11.8 Å². The second-order valence-corrected chi connectivity index (χ2v) is 3.54. The molecule has 0 saturated heterocycles. The van der Waals surface area contributed by atoms with Gasteiger partial charge in [0.05, 0.1) is 7.11 Å².